The van der Waals surface area contributed by atoms with E-state index in [2.05, 4.69) is 44.2 Å². The number of nitrogens with one attached hydrogen (secondary N) is 2. The maximum Gasteiger partial charge on any atom is 0.191 e. The zero-order valence-electron chi connectivity index (χ0n) is 15.1. The standard InChI is InChI=1S/C17H32N6O/c1-3-16-22-21-14-23(16)12-11-20-17(18-4-2)19-10-7-13-24-15-8-5-6-9-15/h14-15H,3-13H2,1-2H3,(H2,18,19,20). The van der Waals surface area contributed by atoms with E-state index < -0.39 is 0 Å². The van der Waals surface area contributed by atoms with Crippen molar-refractivity contribution in [2.24, 2.45) is 4.99 Å². The summed E-state index contributed by atoms with van der Waals surface area (Å²) in [6, 6.07) is 0. The van der Waals surface area contributed by atoms with E-state index in [-0.39, 0.29) is 0 Å². The lowest BCUT2D eigenvalue weighted by Gasteiger charge is -2.13. The molecule has 1 aromatic rings. The van der Waals surface area contributed by atoms with Crippen LogP contribution in [0, 0.1) is 0 Å². The number of rotatable bonds is 10. The van der Waals surface area contributed by atoms with Crippen molar-refractivity contribution in [1.29, 1.82) is 0 Å². The third-order valence-electron chi connectivity index (χ3n) is 4.23. The molecule has 7 heteroatoms. The SMILES string of the molecule is CCNC(=NCCCOC1CCCC1)NCCn1cnnc1CC. The van der Waals surface area contributed by atoms with Crippen molar-refractivity contribution >= 4 is 5.96 Å². The van der Waals surface area contributed by atoms with E-state index in [9.17, 15) is 0 Å². The summed E-state index contributed by atoms with van der Waals surface area (Å²) < 4.78 is 7.95. The number of aliphatic imine (C=N–C) groups is 1. The summed E-state index contributed by atoms with van der Waals surface area (Å²) >= 11 is 0. The fourth-order valence-corrected chi connectivity index (χ4v) is 2.94. The Morgan fingerprint density at radius 1 is 1.33 bits per heavy atom. The summed E-state index contributed by atoms with van der Waals surface area (Å²) in [6.45, 7) is 8.27. The minimum absolute atomic E-state index is 0.497. The number of guanidine groups is 1. The molecule has 1 aromatic heterocycles. The summed E-state index contributed by atoms with van der Waals surface area (Å²) in [5, 5.41) is 14.7. The van der Waals surface area contributed by atoms with Crippen molar-refractivity contribution in [2.75, 3.05) is 26.2 Å². The fraction of sp³-hybridized carbons (Fsp3) is 0.824. The van der Waals surface area contributed by atoms with Crippen LogP contribution in [0.2, 0.25) is 0 Å². The molecule has 1 heterocycles. The molecule has 0 saturated heterocycles. The van der Waals surface area contributed by atoms with E-state index in [0.29, 0.717) is 6.10 Å². The number of hydrogen-bond acceptors (Lipinski definition) is 4. The Morgan fingerprint density at radius 2 is 2.17 bits per heavy atom. The van der Waals surface area contributed by atoms with Gasteiger partial charge in [-0.15, -0.1) is 10.2 Å². The molecule has 1 aliphatic rings. The van der Waals surface area contributed by atoms with Gasteiger partial charge in [0.05, 0.1) is 6.10 Å². The molecule has 136 valence electrons. The molecule has 0 bridgehead atoms. The molecule has 0 unspecified atom stereocenters. The summed E-state index contributed by atoms with van der Waals surface area (Å²) in [5.41, 5.74) is 0. The number of nitrogens with zero attached hydrogens (tertiary/aromatic N) is 4. The fourth-order valence-electron chi connectivity index (χ4n) is 2.94. The van der Waals surface area contributed by atoms with Crippen LogP contribution in [0.5, 0.6) is 0 Å². The normalized spacial score (nSPS) is 15.8. The van der Waals surface area contributed by atoms with Gasteiger partial charge >= 0.3 is 0 Å². The molecule has 0 aliphatic heterocycles. The minimum Gasteiger partial charge on any atom is -0.378 e. The van der Waals surface area contributed by atoms with Crippen molar-refractivity contribution in [3.05, 3.63) is 12.2 Å². The highest BCUT2D eigenvalue weighted by Gasteiger charge is 2.14. The van der Waals surface area contributed by atoms with Gasteiger partial charge < -0.3 is 19.9 Å². The van der Waals surface area contributed by atoms with Crippen LogP contribution in [0.25, 0.3) is 0 Å². The van der Waals surface area contributed by atoms with Crippen molar-refractivity contribution < 1.29 is 4.74 Å². The molecule has 2 rings (SSSR count). The Hall–Kier alpha value is -1.63. The lowest BCUT2D eigenvalue weighted by molar-refractivity contribution is 0.0579. The highest BCUT2D eigenvalue weighted by molar-refractivity contribution is 5.79. The largest absolute Gasteiger partial charge is 0.378 e. The van der Waals surface area contributed by atoms with Crippen LogP contribution < -0.4 is 10.6 Å². The van der Waals surface area contributed by atoms with Gasteiger partial charge in [-0.25, -0.2) is 0 Å². The van der Waals surface area contributed by atoms with Gasteiger partial charge in [-0.2, -0.15) is 0 Å². The van der Waals surface area contributed by atoms with Gasteiger partial charge in [0.1, 0.15) is 12.2 Å². The highest BCUT2D eigenvalue weighted by atomic mass is 16.5. The Kier molecular flexibility index (Phi) is 8.59. The predicted octanol–water partition coefficient (Wildman–Crippen LogP) is 1.74. The lowest BCUT2D eigenvalue weighted by atomic mass is 10.3. The van der Waals surface area contributed by atoms with E-state index in [4.69, 9.17) is 4.74 Å². The van der Waals surface area contributed by atoms with Gasteiger partial charge in [-0.05, 0) is 26.2 Å². The molecule has 24 heavy (non-hydrogen) atoms. The molecular formula is C17H32N6O. The Balaban J connectivity index is 1.64. The summed E-state index contributed by atoms with van der Waals surface area (Å²) in [5.74, 6) is 1.88. The number of aryl methyl sites for hydroxylation is 1. The zero-order valence-corrected chi connectivity index (χ0v) is 15.1. The third kappa shape index (κ3) is 6.47. The number of aromatic nitrogens is 3. The average Bonchev–Trinajstić information content (AvgIpc) is 3.25. The van der Waals surface area contributed by atoms with E-state index in [1.165, 1.54) is 25.7 Å². The predicted molar refractivity (Wildman–Crippen MR) is 96.2 cm³/mol. The molecule has 0 atom stereocenters. The van der Waals surface area contributed by atoms with Gasteiger partial charge in [-0.3, -0.25) is 4.99 Å². The smallest absolute Gasteiger partial charge is 0.191 e. The van der Waals surface area contributed by atoms with Gasteiger partial charge in [0.25, 0.3) is 0 Å². The van der Waals surface area contributed by atoms with Gasteiger partial charge in [-0.1, -0.05) is 19.8 Å². The van der Waals surface area contributed by atoms with E-state index >= 15 is 0 Å². The molecule has 0 aromatic carbocycles. The van der Waals surface area contributed by atoms with Crippen molar-refractivity contribution in [3.8, 4) is 0 Å². The average molecular weight is 336 g/mol. The molecule has 1 aliphatic carbocycles. The maximum absolute atomic E-state index is 5.87. The van der Waals surface area contributed by atoms with E-state index in [1.54, 1.807) is 6.33 Å². The molecule has 7 nitrogen and oxygen atoms in total. The van der Waals surface area contributed by atoms with Crippen molar-refractivity contribution in [2.45, 2.75) is 65.0 Å². The molecule has 1 saturated carbocycles. The molecule has 0 radical (unpaired) electrons. The Labute approximate surface area is 145 Å². The minimum atomic E-state index is 0.497. The topological polar surface area (TPSA) is 76.4 Å². The van der Waals surface area contributed by atoms with Gasteiger partial charge in [0, 0.05) is 39.2 Å². The van der Waals surface area contributed by atoms with Crippen LogP contribution in [0.15, 0.2) is 11.3 Å². The zero-order chi connectivity index (χ0) is 17.0. The summed E-state index contributed by atoms with van der Waals surface area (Å²) in [7, 11) is 0. The second-order valence-corrected chi connectivity index (χ2v) is 6.11. The van der Waals surface area contributed by atoms with Crippen LogP contribution in [-0.2, 0) is 17.7 Å². The van der Waals surface area contributed by atoms with Crippen molar-refractivity contribution in [3.63, 3.8) is 0 Å². The number of hydrogen-bond donors (Lipinski definition) is 2. The van der Waals surface area contributed by atoms with Crippen LogP contribution >= 0.6 is 0 Å². The molecule has 2 N–H and O–H groups in total. The first-order chi connectivity index (χ1) is 11.8. The molecule has 0 amide bonds. The van der Waals surface area contributed by atoms with Gasteiger partial charge in [0.2, 0.25) is 0 Å². The first kappa shape index (κ1) is 18.7. The van der Waals surface area contributed by atoms with Crippen molar-refractivity contribution in [1.82, 2.24) is 25.4 Å². The Bertz CT molecular complexity index is 481. The van der Waals surface area contributed by atoms with Crippen LogP contribution in [0.1, 0.15) is 51.8 Å². The second kappa shape index (κ2) is 11.0. The summed E-state index contributed by atoms with van der Waals surface area (Å²) in [4.78, 5) is 4.61. The number of ether oxygens (including phenoxy) is 1. The van der Waals surface area contributed by atoms with Crippen LogP contribution in [-0.4, -0.2) is 53.1 Å². The third-order valence-corrected chi connectivity index (χ3v) is 4.23. The van der Waals surface area contributed by atoms with Gasteiger partial charge in [0.15, 0.2) is 5.96 Å². The van der Waals surface area contributed by atoms with Crippen LogP contribution in [0.4, 0.5) is 0 Å². The quantitative estimate of drug-likeness (QED) is 0.387. The molecule has 1 fully saturated rings. The monoisotopic (exact) mass is 336 g/mol. The Morgan fingerprint density at radius 3 is 2.92 bits per heavy atom. The van der Waals surface area contributed by atoms with Crippen LogP contribution in [0.3, 0.4) is 0 Å². The highest BCUT2D eigenvalue weighted by Crippen LogP contribution is 2.20. The van der Waals surface area contributed by atoms with E-state index in [0.717, 1.165) is 57.4 Å². The molecule has 0 spiro atoms. The first-order valence-electron chi connectivity index (χ1n) is 9.34. The second-order valence-electron chi connectivity index (χ2n) is 6.11. The maximum atomic E-state index is 5.87. The lowest BCUT2D eigenvalue weighted by Crippen LogP contribution is -2.39. The first-order valence-corrected chi connectivity index (χ1v) is 9.34. The summed E-state index contributed by atoms with van der Waals surface area (Å²) in [6.07, 6.45) is 9.26. The molecular weight excluding hydrogens is 304 g/mol. The van der Waals surface area contributed by atoms with E-state index in [1.807, 2.05) is 0 Å².